The van der Waals surface area contributed by atoms with Gasteiger partial charge < -0.3 is 10.2 Å². The van der Waals surface area contributed by atoms with E-state index in [0.717, 1.165) is 33.9 Å². The number of hydrogen-bond donors (Lipinski definition) is 2. The van der Waals surface area contributed by atoms with Gasteiger partial charge >= 0.3 is 0 Å². The maximum atomic E-state index is 10.6. The number of rotatable bonds is 5. The van der Waals surface area contributed by atoms with E-state index in [1.165, 1.54) is 0 Å². The predicted molar refractivity (Wildman–Crippen MR) is 144 cm³/mol. The van der Waals surface area contributed by atoms with Gasteiger partial charge in [0.15, 0.2) is 0 Å². The molecule has 2 aliphatic heterocycles. The quantitative estimate of drug-likeness (QED) is 0.249. The third kappa shape index (κ3) is 4.73. The zero-order valence-corrected chi connectivity index (χ0v) is 22.1. The molecule has 184 valence electrons. The van der Waals surface area contributed by atoms with Crippen molar-refractivity contribution in [2.24, 2.45) is 9.98 Å². The first-order chi connectivity index (χ1) is 17.7. The Morgan fingerprint density at radius 1 is 0.459 bits per heavy atom. The molecule has 0 saturated carbocycles. The van der Waals surface area contributed by atoms with Crippen molar-refractivity contribution in [3.05, 3.63) is 155 Å². The Labute approximate surface area is 230 Å². The van der Waals surface area contributed by atoms with E-state index in [-0.39, 0.29) is 44.4 Å². The van der Waals surface area contributed by atoms with Crippen LogP contribution in [0.1, 0.15) is 34.1 Å². The predicted octanol–water partition coefficient (Wildman–Crippen LogP) is 6.74. The second kappa shape index (κ2) is 10.5. The molecule has 6 rings (SSSR count). The Hall–Kier alpha value is -4.01. The second-order valence-corrected chi connectivity index (χ2v) is 8.91. The van der Waals surface area contributed by atoms with Crippen molar-refractivity contribution in [3.8, 4) is 11.5 Å². The summed E-state index contributed by atoms with van der Waals surface area (Å²) in [5.74, 6) is 0.172. The summed E-state index contributed by atoms with van der Waals surface area (Å²) < 4.78 is 0. The summed E-state index contributed by atoms with van der Waals surface area (Å²) in [5.41, 5.74) is 6.70. The van der Waals surface area contributed by atoms with E-state index in [4.69, 9.17) is 9.98 Å². The Morgan fingerprint density at radius 3 is 1.19 bits per heavy atom. The van der Waals surface area contributed by atoms with Crippen molar-refractivity contribution >= 4 is 11.4 Å². The van der Waals surface area contributed by atoms with Crippen molar-refractivity contribution in [1.82, 2.24) is 0 Å². The number of phenols is 2. The fourth-order valence-electron chi connectivity index (χ4n) is 4.90. The molecule has 2 aliphatic rings. The smallest absolute Gasteiger partial charge is 0.124 e. The van der Waals surface area contributed by atoms with E-state index in [1.807, 2.05) is 72.8 Å². The molecule has 2 heterocycles. The monoisotopic (exact) mass is 663 g/mol. The van der Waals surface area contributed by atoms with Crippen molar-refractivity contribution in [2.75, 3.05) is 0 Å². The zero-order valence-electron chi connectivity index (χ0n) is 19.8. The van der Waals surface area contributed by atoms with Gasteiger partial charge in [-0.25, -0.2) is 9.98 Å². The molecule has 37 heavy (non-hydrogen) atoms. The Morgan fingerprint density at radius 2 is 0.811 bits per heavy atom. The van der Waals surface area contributed by atoms with Gasteiger partial charge in [0, 0.05) is 44.0 Å². The molecule has 0 fully saturated rings. The van der Waals surface area contributed by atoms with Crippen LogP contribution in [-0.4, -0.2) is 21.6 Å². The standard InChI is InChI=1S/C32H24N2O2.Pt/c35-29-17-9-7-15-23(29)31-25(21-11-3-1-4-12-21)19-27(33-31)28-20-26(22-13-5-2-6-14-22)32(34-28)24-16-8-10-18-30(24)36;/h1-20,25-26,35-36H;. The van der Waals surface area contributed by atoms with Crippen LogP contribution in [0.5, 0.6) is 11.5 Å². The van der Waals surface area contributed by atoms with E-state index in [1.54, 1.807) is 12.1 Å². The summed E-state index contributed by atoms with van der Waals surface area (Å²) in [7, 11) is 0. The maximum Gasteiger partial charge on any atom is 0.124 e. The second-order valence-electron chi connectivity index (χ2n) is 8.91. The minimum atomic E-state index is -0.116. The van der Waals surface area contributed by atoms with Gasteiger partial charge in [0.25, 0.3) is 0 Å². The van der Waals surface area contributed by atoms with Gasteiger partial charge in [0.2, 0.25) is 0 Å². The van der Waals surface area contributed by atoms with Crippen LogP contribution >= 0.6 is 0 Å². The number of phenolic OH excluding ortho intramolecular Hbond substituents is 2. The van der Waals surface area contributed by atoms with Gasteiger partial charge in [0.1, 0.15) is 11.5 Å². The number of allylic oxidation sites excluding steroid dienone is 2. The van der Waals surface area contributed by atoms with Crippen LogP contribution in [0.25, 0.3) is 0 Å². The van der Waals surface area contributed by atoms with E-state index in [0.29, 0.717) is 11.1 Å². The third-order valence-electron chi connectivity index (χ3n) is 6.66. The van der Waals surface area contributed by atoms with Gasteiger partial charge in [-0.1, -0.05) is 84.9 Å². The number of nitrogens with zero attached hydrogens (tertiary/aromatic N) is 2. The fourth-order valence-corrected chi connectivity index (χ4v) is 4.90. The molecule has 0 aliphatic carbocycles. The number of hydrogen-bond acceptors (Lipinski definition) is 4. The summed E-state index contributed by atoms with van der Waals surface area (Å²) in [4.78, 5) is 10.0. The number of aliphatic imine (C=N–C) groups is 2. The average molecular weight is 664 g/mol. The van der Waals surface area contributed by atoms with Crippen LogP contribution in [-0.2, 0) is 21.1 Å². The number of para-hydroxylation sites is 2. The first-order valence-corrected chi connectivity index (χ1v) is 12.0. The summed E-state index contributed by atoms with van der Waals surface area (Å²) >= 11 is 0. The summed E-state index contributed by atoms with van der Waals surface area (Å²) in [6.07, 6.45) is 4.23. The Balaban J connectivity index is 0.00000280. The van der Waals surface area contributed by atoms with Crippen LogP contribution < -0.4 is 0 Å². The molecule has 0 bridgehead atoms. The van der Waals surface area contributed by atoms with Crippen LogP contribution in [0, 0.1) is 0 Å². The normalized spacial score (nSPS) is 18.4. The molecule has 0 amide bonds. The summed E-state index contributed by atoms with van der Waals surface area (Å²) in [5, 5.41) is 21.3. The van der Waals surface area contributed by atoms with E-state index in [2.05, 4.69) is 36.4 Å². The van der Waals surface area contributed by atoms with Crippen molar-refractivity contribution < 1.29 is 31.3 Å². The molecular weight excluding hydrogens is 639 g/mol. The van der Waals surface area contributed by atoms with Crippen LogP contribution in [0.15, 0.2) is 143 Å². The van der Waals surface area contributed by atoms with Crippen LogP contribution in [0.4, 0.5) is 0 Å². The topological polar surface area (TPSA) is 65.2 Å². The summed E-state index contributed by atoms with van der Waals surface area (Å²) in [6.45, 7) is 0. The third-order valence-corrected chi connectivity index (χ3v) is 6.66. The van der Waals surface area contributed by atoms with Gasteiger partial charge in [-0.2, -0.15) is 0 Å². The molecule has 0 aromatic heterocycles. The number of benzene rings is 4. The fraction of sp³-hybridized carbons (Fsp3) is 0.0625. The first-order valence-electron chi connectivity index (χ1n) is 12.0. The SMILES string of the molecule is Oc1ccccc1C1=NC(C2=CC(c3ccccc3)C(c3ccccc3O)=N2)=CC1c1ccccc1.[Pt]. The molecule has 5 heteroatoms. The summed E-state index contributed by atoms with van der Waals surface area (Å²) in [6, 6.07) is 34.9. The molecule has 2 N–H and O–H groups in total. The van der Waals surface area contributed by atoms with Crippen molar-refractivity contribution in [1.29, 1.82) is 0 Å². The van der Waals surface area contributed by atoms with Crippen molar-refractivity contribution in [2.45, 2.75) is 11.8 Å². The van der Waals surface area contributed by atoms with E-state index >= 15 is 0 Å². The maximum absolute atomic E-state index is 10.6. The molecule has 4 nitrogen and oxygen atoms in total. The van der Waals surface area contributed by atoms with Gasteiger partial charge in [-0.05, 0) is 47.5 Å². The Kier molecular flexibility index (Phi) is 7.03. The zero-order chi connectivity index (χ0) is 24.5. The van der Waals surface area contributed by atoms with E-state index in [9.17, 15) is 10.2 Å². The molecule has 4 aromatic carbocycles. The molecular formula is C32H24N2O2Pt. The largest absolute Gasteiger partial charge is 0.507 e. The molecule has 2 atom stereocenters. The van der Waals surface area contributed by atoms with Gasteiger partial charge in [-0.3, -0.25) is 0 Å². The van der Waals surface area contributed by atoms with Gasteiger partial charge in [-0.15, -0.1) is 0 Å². The molecule has 0 radical (unpaired) electrons. The van der Waals surface area contributed by atoms with E-state index < -0.39 is 0 Å². The average Bonchev–Trinajstić information content (AvgIpc) is 3.56. The first kappa shape index (κ1) is 24.7. The molecule has 0 spiro atoms. The minimum Gasteiger partial charge on any atom is -0.507 e. The molecule has 0 saturated heterocycles. The van der Waals surface area contributed by atoms with Gasteiger partial charge in [0.05, 0.1) is 22.8 Å². The molecule has 4 aromatic rings. The van der Waals surface area contributed by atoms with Crippen LogP contribution in [0.2, 0.25) is 0 Å². The minimum absolute atomic E-state index is 0. The van der Waals surface area contributed by atoms with Crippen molar-refractivity contribution in [3.63, 3.8) is 0 Å². The number of aromatic hydroxyl groups is 2. The Bertz CT molecular complexity index is 1440. The molecule has 2 unspecified atom stereocenters. The van der Waals surface area contributed by atoms with Crippen LogP contribution in [0.3, 0.4) is 0 Å².